The van der Waals surface area contributed by atoms with Crippen LogP contribution >= 0.6 is 11.8 Å². The number of aryl methyl sites for hydroxylation is 1. The second kappa shape index (κ2) is 10.4. The minimum atomic E-state index is -0.252. The van der Waals surface area contributed by atoms with Crippen molar-refractivity contribution in [3.8, 4) is 11.4 Å². The molecule has 158 valence electrons. The summed E-state index contributed by atoms with van der Waals surface area (Å²) in [5.74, 6) is 1.19. The molecule has 5 nitrogen and oxygen atoms in total. The maximum Gasteiger partial charge on any atom is 0.233 e. The third kappa shape index (κ3) is 5.11. The molecule has 1 heterocycles. The van der Waals surface area contributed by atoms with Crippen LogP contribution in [0.5, 0.6) is 0 Å². The number of carbonyl (C=O) groups is 1. The number of nitrogens with zero attached hydrogens (tertiary/aromatic N) is 3. The zero-order chi connectivity index (χ0) is 21.5. The fraction of sp³-hybridized carbons (Fsp3) is 0.375. The number of rotatable bonds is 9. The summed E-state index contributed by atoms with van der Waals surface area (Å²) in [6.45, 7) is 9.61. The van der Waals surface area contributed by atoms with E-state index in [2.05, 4.69) is 65.1 Å². The van der Waals surface area contributed by atoms with Crippen molar-refractivity contribution >= 4 is 17.7 Å². The van der Waals surface area contributed by atoms with Crippen molar-refractivity contribution in [2.45, 2.75) is 57.0 Å². The lowest BCUT2D eigenvalue weighted by Crippen LogP contribution is -2.34. The lowest BCUT2D eigenvalue weighted by atomic mass is 9.96. The van der Waals surface area contributed by atoms with E-state index in [0.717, 1.165) is 35.1 Å². The Hall–Kier alpha value is -2.60. The third-order valence-corrected chi connectivity index (χ3v) is 6.44. The molecule has 0 spiro atoms. The predicted octanol–water partition coefficient (Wildman–Crippen LogP) is 5.06. The van der Waals surface area contributed by atoms with Crippen LogP contribution in [0.15, 0.2) is 59.8 Å². The van der Waals surface area contributed by atoms with Gasteiger partial charge in [-0.05, 0) is 38.3 Å². The zero-order valence-corrected chi connectivity index (χ0v) is 18.9. The Morgan fingerprint density at radius 1 is 1.07 bits per heavy atom. The van der Waals surface area contributed by atoms with E-state index in [0.29, 0.717) is 12.5 Å². The molecule has 30 heavy (non-hydrogen) atoms. The summed E-state index contributed by atoms with van der Waals surface area (Å²) >= 11 is 1.46. The molecule has 1 aromatic heterocycles. The van der Waals surface area contributed by atoms with Gasteiger partial charge in [-0.3, -0.25) is 4.79 Å². The summed E-state index contributed by atoms with van der Waals surface area (Å²) < 4.78 is 2.08. The van der Waals surface area contributed by atoms with E-state index >= 15 is 0 Å². The van der Waals surface area contributed by atoms with Crippen LogP contribution in [0.4, 0.5) is 0 Å². The van der Waals surface area contributed by atoms with Gasteiger partial charge in [-0.15, -0.1) is 10.2 Å². The number of nitrogens with one attached hydrogen (secondary N) is 1. The highest BCUT2D eigenvalue weighted by Crippen LogP contribution is 2.28. The number of hydrogen-bond donors (Lipinski definition) is 1. The SMILES string of the molecule is CC[C@@H](CNC(=O)[C@H](C)Sc1nnc(-c2ccccc2C)n1CC)c1ccccc1. The average Bonchev–Trinajstić information content (AvgIpc) is 3.17. The molecule has 6 heteroatoms. The van der Waals surface area contributed by atoms with E-state index in [-0.39, 0.29) is 11.2 Å². The molecule has 0 fully saturated rings. The summed E-state index contributed by atoms with van der Waals surface area (Å²) in [7, 11) is 0. The minimum Gasteiger partial charge on any atom is -0.355 e. The summed E-state index contributed by atoms with van der Waals surface area (Å²) in [4.78, 5) is 12.7. The first kappa shape index (κ1) is 22.1. The molecule has 0 aliphatic heterocycles. The van der Waals surface area contributed by atoms with Crippen LogP contribution < -0.4 is 5.32 Å². The molecule has 0 aliphatic carbocycles. The van der Waals surface area contributed by atoms with Crippen LogP contribution in [-0.2, 0) is 11.3 Å². The van der Waals surface area contributed by atoms with Gasteiger partial charge >= 0.3 is 0 Å². The van der Waals surface area contributed by atoms with Gasteiger partial charge in [0.1, 0.15) is 0 Å². The second-order valence-corrected chi connectivity index (χ2v) is 8.69. The van der Waals surface area contributed by atoms with Crippen molar-refractivity contribution in [2.75, 3.05) is 6.54 Å². The van der Waals surface area contributed by atoms with Crippen LogP contribution in [-0.4, -0.2) is 32.5 Å². The van der Waals surface area contributed by atoms with Crippen LogP contribution in [0.1, 0.15) is 44.2 Å². The molecule has 1 amide bonds. The number of benzene rings is 2. The largest absolute Gasteiger partial charge is 0.355 e. The Morgan fingerprint density at radius 2 is 1.77 bits per heavy atom. The molecule has 0 bridgehead atoms. The predicted molar refractivity (Wildman–Crippen MR) is 124 cm³/mol. The topological polar surface area (TPSA) is 59.8 Å². The highest BCUT2D eigenvalue weighted by atomic mass is 32.2. The summed E-state index contributed by atoms with van der Waals surface area (Å²) in [5.41, 5.74) is 3.49. The molecule has 3 rings (SSSR count). The highest BCUT2D eigenvalue weighted by molar-refractivity contribution is 8.00. The minimum absolute atomic E-state index is 0.0254. The number of hydrogen-bond acceptors (Lipinski definition) is 4. The van der Waals surface area contributed by atoms with Gasteiger partial charge in [-0.25, -0.2) is 0 Å². The van der Waals surface area contributed by atoms with Crippen LogP contribution in [0, 0.1) is 6.92 Å². The molecular formula is C24H30N4OS. The van der Waals surface area contributed by atoms with Gasteiger partial charge in [0.2, 0.25) is 5.91 Å². The monoisotopic (exact) mass is 422 g/mol. The number of carbonyl (C=O) groups excluding carboxylic acids is 1. The van der Waals surface area contributed by atoms with Gasteiger partial charge in [0, 0.05) is 24.6 Å². The maximum atomic E-state index is 12.7. The van der Waals surface area contributed by atoms with Crippen LogP contribution in [0.25, 0.3) is 11.4 Å². The molecule has 0 unspecified atom stereocenters. The fourth-order valence-electron chi connectivity index (χ4n) is 3.49. The van der Waals surface area contributed by atoms with Crippen LogP contribution in [0.3, 0.4) is 0 Å². The molecule has 1 N–H and O–H groups in total. The zero-order valence-electron chi connectivity index (χ0n) is 18.1. The molecule has 0 aliphatic rings. The van der Waals surface area contributed by atoms with Crippen molar-refractivity contribution < 1.29 is 4.79 Å². The van der Waals surface area contributed by atoms with Gasteiger partial charge in [0.15, 0.2) is 11.0 Å². The quantitative estimate of drug-likeness (QED) is 0.490. The number of aromatic nitrogens is 3. The lowest BCUT2D eigenvalue weighted by molar-refractivity contribution is -0.120. The Labute approximate surface area is 183 Å². The second-order valence-electron chi connectivity index (χ2n) is 7.39. The van der Waals surface area contributed by atoms with Gasteiger partial charge in [-0.2, -0.15) is 0 Å². The number of amides is 1. The van der Waals surface area contributed by atoms with Crippen molar-refractivity contribution in [1.82, 2.24) is 20.1 Å². The lowest BCUT2D eigenvalue weighted by Gasteiger charge is -2.18. The molecule has 0 saturated heterocycles. The highest BCUT2D eigenvalue weighted by Gasteiger charge is 2.21. The van der Waals surface area contributed by atoms with Crippen molar-refractivity contribution in [3.05, 3.63) is 65.7 Å². The standard InChI is InChI=1S/C24H30N4OS/c1-5-19(20-13-8-7-9-14-20)16-25-23(29)18(4)30-24-27-26-22(28(24)6-2)21-15-11-10-12-17(21)3/h7-15,18-19H,5-6,16H2,1-4H3,(H,25,29)/t18-,19-/m0/s1. The van der Waals surface area contributed by atoms with Crippen molar-refractivity contribution in [3.63, 3.8) is 0 Å². The van der Waals surface area contributed by atoms with Gasteiger partial charge in [0.05, 0.1) is 5.25 Å². The van der Waals surface area contributed by atoms with Gasteiger partial charge in [-0.1, -0.05) is 73.3 Å². The van der Waals surface area contributed by atoms with E-state index in [1.807, 2.05) is 37.3 Å². The molecule has 0 saturated carbocycles. The van der Waals surface area contributed by atoms with E-state index in [9.17, 15) is 4.79 Å². The molecule has 0 radical (unpaired) electrons. The van der Waals surface area contributed by atoms with E-state index < -0.39 is 0 Å². The van der Waals surface area contributed by atoms with Gasteiger partial charge < -0.3 is 9.88 Å². The summed E-state index contributed by atoms with van der Waals surface area (Å²) in [6.07, 6.45) is 0.982. The Balaban J connectivity index is 1.66. The maximum absolute atomic E-state index is 12.7. The van der Waals surface area contributed by atoms with Crippen LogP contribution in [0.2, 0.25) is 0 Å². The molecule has 3 aromatic rings. The smallest absolute Gasteiger partial charge is 0.233 e. The first-order valence-electron chi connectivity index (χ1n) is 10.5. The first-order chi connectivity index (χ1) is 14.5. The Bertz CT molecular complexity index is 970. The number of thioether (sulfide) groups is 1. The average molecular weight is 423 g/mol. The Morgan fingerprint density at radius 3 is 2.43 bits per heavy atom. The Kier molecular flexibility index (Phi) is 7.69. The van der Waals surface area contributed by atoms with Gasteiger partial charge in [0.25, 0.3) is 0 Å². The van der Waals surface area contributed by atoms with Crippen molar-refractivity contribution in [2.24, 2.45) is 0 Å². The fourth-order valence-corrected chi connectivity index (χ4v) is 4.42. The normalized spacial score (nSPS) is 13.1. The summed E-state index contributed by atoms with van der Waals surface area (Å²) in [5, 5.41) is 12.4. The van der Waals surface area contributed by atoms with E-state index in [4.69, 9.17) is 0 Å². The first-order valence-corrected chi connectivity index (χ1v) is 11.4. The van der Waals surface area contributed by atoms with Crippen molar-refractivity contribution in [1.29, 1.82) is 0 Å². The molecular weight excluding hydrogens is 392 g/mol. The summed E-state index contributed by atoms with van der Waals surface area (Å²) in [6, 6.07) is 18.5. The van der Waals surface area contributed by atoms with E-state index in [1.165, 1.54) is 17.3 Å². The molecule has 2 aromatic carbocycles. The molecule has 2 atom stereocenters. The van der Waals surface area contributed by atoms with E-state index in [1.54, 1.807) is 0 Å². The third-order valence-electron chi connectivity index (χ3n) is 5.36.